The molecule has 4 nitrogen and oxygen atoms in total. The summed E-state index contributed by atoms with van der Waals surface area (Å²) in [6.07, 6.45) is 3.86. The first-order valence-corrected chi connectivity index (χ1v) is 6.85. The van der Waals surface area contributed by atoms with E-state index in [1.807, 2.05) is 28.4 Å². The van der Waals surface area contributed by atoms with Gasteiger partial charge in [0.15, 0.2) is 0 Å². The molecular formula is C13H19N3OS. The highest BCUT2D eigenvalue weighted by atomic mass is 32.1. The Hall–Kier alpha value is -1.33. The Balaban J connectivity index is 1.94. The van der Waals surface area contributed by atoms with E-state index in [1.165, 1.54) is 9.75 Å². The molecule has 0 aliphatic rings. The van der Waals surface area contributed by atoms with E-state index in [-0.39, 0.29) is 0 Å². The molecule has 0 amide bonds. The van der Waals surface area contributed by atoms with E-state index in [2.05, 4.69) is 36.4 Å². The molecule has 0 bridgehead atoms. The van der Waals surface area contributed by atoms with Crippen molar-refractivity contribution >= 4 is 17.0 Å². The van der Waals surface area contributed by atoms with Crippen LogP contribution in [0.1, 0.15) is 22.7 Å². The van der Waals surface area contributed by atoms with Crippen molar-refractivity contribution in [3.63, 3.8) is 0 Å². The molecule has 0 aliphatic heterocycles. The molecule has 0 saturated carbocycles. The summed E-state index contributed by atoms with van der Waals surface area (Å²) in [5.74, 6) is 0. The highest BCUT2D eigenvalue weighted by Gasteiger charge is 2.08. The minimum atomic E-state index is 0.309. The summed E-state index contributed by atoms with van der Waals surface area (Å²) in [5, 5.41) is 7.74. The monoisotopic (exact) mass is 265 g/mol. The van der Waals surface area contributed by atoms with Crippen molar-refractivity contribution in [2.75, 3.05) is 19.0 Å². The quantitative estimate of drug-likeness (QED) is 0.872. The lowest BCUT2D eigenvalue weighted by Crippen LogP contribution is -2.05. The van der Waals surface area contributed by atoms with Gasteiger partial charge in [0.2, 0.25) is 0 Å². The van der Waals surface area contributed by atoms with Crippen LogP contribution in [0.25, 0.3) is 0 Å². The molecule has 2 heterocycles. The zero-order chi connectivity index (χ0) is 13.0. The van der Waals surface area contributed by atoms with Crippen LogP contribution in [0.5, 0.6) is 0 Å². The van der Waals surface area contributed by atoms with Crippen LogP contribution in [0.4, 0.5) is 5.69 Å². The Kier molecular flexibility index (Phi) is 4.38. The third-order valence-corrected chi connectivity index (χ3v) is 3.91. The molecule has 1 N–H and O–H groups in total. The van der Waals surface area contributed by atoms with Crippen molar-refractivity contribution in [3.05, 3.63) is 34.3 Å². The predicted molar refractivity (Wildman–Crippen MR) is 75.2 cm³/mol. The molecule has 0 aliphatic carbocycles. The van der Waals surface area contributed by atoms with E-state index >= 15 is 0 Å². The molecule has 2 aromatic rings. The van der Waals surface area contributed by atoms with E-state index in [9.17, 15) is 0 Å². The third kappa shape index (κ3) is 3.34. The molecule has 0 aromatic carbocycles. The Morgan fingerprint density at radius 3 is 3.00 bits per heavy atom. The summed E-state index contributed by atoms with van der Waals surface area (Å²) < 4.78 is 6.92. The van der Waals surface area contributed by atoms with Gasteiger partial charge in [-0.25, -0.2) is 0 Å². The maximum atomic E-state index is 5.03. The number of rotatable bonds is 6. The molecule has 2 rings (SSSR count). The number of thiophene rings is 1. The SMILES string of the molecule is COCCn1cc(NC(C)c2ccc(C)s2)cn1. The van der Waals surface area contributed by atoms with Gasteiger partial charge < -0.3 is 10.1 Å². The van der Waals surface area contributed by atoms with Gasteiger partial charge in [0.1, 0.15) is 0 Å². The lowest BCUT2D eigenvalue weighted by Gasteiger charge is -2.11. The smallest absolute Gasteiger partial charge is 0.0731 e. The number of nitrogens with zero attached hydrogens (tertiary/aromatic N) is 2. The second-order valence-corrected chi connectivity index (χ2v) is 5.62. The Labute approximate surface area is 112 Å². The molecular weight excluding hydrogens is 246 g/mol. The van der Waals surface area contributed by atoms with Gasteiger partial charge in [-0.1, -0.05) is 0 Å². The highest BCUT2D eigenvalue weighted by molar-refractivity contribution is 7.12. The predicted octanol–water partition coefficient (Wildman–Crippen LogP) is 3.07. The van der Waals surface area contributed by atoms with Crippen LogP contribution < -0.4 is 5.32 Å². The van der Waals surface area contributed by atoms with Crippen molar-refractivity contribution in [1.82, 2.24) is 9.78 Å². The van der Waals surface area contributed by atoms with Crippen LogP contribution in [0, 0.1) is 6.92 Å². The Morgan fingerprint density at radius 1 is 1.50 bits per heavy atom. The summed E-state index contributed by atoms with van der Waals surface area (Å²) >= 11 is 1.83. The summed E-state index contributed by atoms with van der Waals surface area (Å²) in [6.45, 7) is 5.76. The third-order valence-electron chi connectivity index (χ3n) is 2.73. The van der Waals surface area contributed by atoms with Gasteiger partial charge in [0.05, 0.1) is 31.1 Å². The van der Waals surface area contributed by atoms with Crippen LogP contribution >= 0.6 is 11.3 Å². The van der Waals surface area contributed by atoms with Crippen LogP contribution in [0.3, 0.4) is 0 Å². The van der Waals surface area contributed by atoms with Crippen molar-refractivity contribution in [2.24, 2.45) is 0 Å². The number of hydrogen-bond acceptors (Lipinski definition) is 4. The van der Waals surface area contributed by atoms with E-state index in [0.29, 0.717) is 12.6 Å². The molecule has 98 valence electrons. The largest absolute Gasteiger partial charge is 0.383 e. The molecule has 18 heavy (non-hydrogen) atoms. The first-order chi connectivity index (χ1) is 8.69. The zero-order valence-corrected chi connectivity index (χ0v) is 11.8. The molecule has 0 saturated heterocycles. The first-order valence-electron chi connectivity index (χ1n) is 6.03. The summed E-state index contributed by atoms with van der Waals surface area (Å²) in [6, 6.07) is 4.64. The van der Waals surface area contributed by atoms with Gasteiger partial charge in [0, 0.05) is 23.1 Å². The fourth-order valence-corrected chi connectivity index (χ4v) is 2.63. The van der Waals surface area contributed by atoms with E-state index < -0.39 is 0 Å². The number of aryl methyl sites for hydroxylation is 1. The zero-order valence-electron chi connectivity index (χ0n) is 11.0. The Morgan fingerprint density at radius 2 is 2.33 bits per heavy atom. The number of aromatic nitrogens is 2. The highest BCUT2D eigenvalue weighted by Crippen LogP contribution is 2.25. The van der Waals surface area contributed by atoms with Gasteiger partial charge in [-0.2, -0.15) is 5.10 Å². The maximum absolute atomic E-state index is 5.03. The van der Waals surface area contributed by atoms with Crippen molar-refractivity contribution < 1.29 is 4.74 Å². The Bertz CT molecular complexity index is 492. The minimum Gasteiger partial charge on any atom is -0.383 e. The lowest BCUT2D eigenvalue weighted by molar-refractivity contribution is 0.183. The van der Waals surface area contributed by atoms with E-state index in [1.54, 1.807) is 7.11 Å². The molecule has 5 heteroatoms. The second kappa shape index (κ2) is 6.02. The molecule has 0 radical (unpaired) electrons. The van der Waals surface area contributed by atoms with Crippen molar-refractivity contribution in [1.29, 1.82) is 0 Å². The van der Waals surface area contributed by atoms with Crippen LogP contribution in [0.2, 0.25) is 0 Å². The summed E-state index contributed by atoms with van der Waals surface area (Å²) in [4.78, 5) is 2.69. The summed E-state index contributed by atoms with van der Waals surface area (Å²) in [7, 11) is 1.70. The number of anilines is 1. The van der Waals surface area contributed by atoms with Gasteiger partial charge in [0.25, 0.3) is 0 Å². The van der Waals surface area contributed by atoms with E-state index in [0.717, 1.165) is 12.2 Å². The topological polar surface area (TPSA) is 39.1 Å². The van der Waals surface area contributed by atoms with E-state index in [4.69, 9.17) is 4.74 Å². The number of ether oxygens (including phenoxy) is 1. The maximum Gasteiger partial charge on any atom is 0.0731 e. The molecule has 2 aromatic heterocycles. The van der Waals surface area contributed by atoms with Gasteiger partial charge >= 0.3 is 0 Å². The summed E-state index contributed by atoms with van der Waals surface area (Å²) in [5.41, 5.74) is 1.05. The van der Waals surface area contributed by atoms with Crippen molar-refractivity contribution in [2.45, 2.75) is 26.4 Å². The van der Waals surface area contributed by atoms with Gasteiger partial charge in [-0.05, 0) is 26.0 Å². The number of methoxy groups -OCH3 is 1. The average molecular weight is 265 g/mol. The average Bonchev–Trinajstić information content (AvgIpc) is 2.96. The molecule has 0 fully saturated rings. The van der Waals surface area contributed by atoms with Crippen molar-refractivity contribution in [3.8, 4) is 0 Å². The lowest BCUT2D eigenvalue weighted by atomic mass is 10.2. The van der Waals surface area contributed by atoms with Crippen LogP contribution in [0.15, 0.2) is 24.5 Å². The van der Waals surface area contributed by atoms with Gasteiger partial charge in [-0.3, -0.25) is 4.68 Å². The molecule has 1 unspecified atom stereocenters. The van der Waals surface area contributed by atoms with Crippen LogP contribution in [-0.4, -0.2) is 23.5 Å². The fraction of sp³-hybridized carbons (Fsp3) is 0.462. The first kappa shape index (κ1) is 13.1. The standard InChI is InChI=1S/C13H19N3OS/c1-10-4-5-13(18-10)11(2)15-12-8-14-16(9-12)6-7-17-3/h4-5,8-9,11,15H,6-7H2,1-3H3. The molecule has 1 atom stereocenters. The fourth-order valence-electron chi connectivity index (χ4n) is 1.75. The number of nitrogens with one attached hydrogen (secondary N) is 1. The number of hydrogen-bond donors (Lipinski definition) is 1. The normalized spacial score (nSPS) is 12.6. The minimum absolute atomic E-state index is 0.309. The van der Waals surface area contributed by atoms with Gasteiger partial charge in [-0.15, -0.1) is 11.3 Å². The second-order valence-electron chi connectivity index (χ2n) is 4.30. The van der Waals surface area contributed by atoms with Crippen LogP contribution in [-0.2, 0) is 11.3 Å². The molecule has 0 spiro atoms.